The summed E-state index contributed by atoms with van der Waals surface area (Å²) >= 11 is 0. The molecule has 19 heteroatoms. The van der Waals surface area contributed by atoms with Crippen LogP contribution < -0.4 is 0 Å². The predicted molar refractivity (Wildman–Crippen MR) is 418 cm³/mol. The molecule has 3 N–H and O–H groups in total. The second-order valence-electron chi connectivity index (χ2n) is 29.7. The van der Waals surface area contributed by atoms with Crippen LogP contribution in [0.15, 0.2) is 24.3 Å². The van der Waals surface area contributed by atoms with Crippen molar-refractivity contribution < 1.29 is 80.2 Å². The molecule has 602 valence electrons. The zero-order chi connectivity index (χ0) is 74.8. The summed E-state index contributed by atoms with van der Waals surface area (Å²) in [6, 6.07) is 0. The number of esters is 4. The van der Waals surface area contributed by atoms with Crippen molar-refractivity contribution in [3.8, 4) is 0 Å². The van der Waals surface area contributed by atoms with Crippen LogP contribution in [0.2, 0.25) is 0 Å². The molecule has 0 aromatic heterocycles. The standard InChI is InChI=1S/C83H158O17P2/c1-6-9-12-15-18-21-24-27-29-30-31-32-33-34-36-38-43-48-53-58-63-68-82(87)99-78(73-94-81(86)67-62-57-52-47-42-37-35-28-25-22-19-16-13-10-7-2)74-97-101(89,90)95-70-77(84)71-96-102(91,92)98-75-79(72-93-80(85)66-61-56-51-46-41-26-23-20-17-14-11-8-3)100-83(88)69-64-59-54-49-44-39-40-45-50-55-60-65-76(4)5/h22,25,28,35,76-79,84H,6-21,23-24,26-27,29-34,36-75H2,1-5H3,(H,89,90)(H,91,92)/b25-22-,35-28-/t77-,78-,79-/m1/s1. The lowest BCUT2D eigenvalue weighted by molar-refractivity contribution is -0.161. The third-order valence-electron chi connectivity index (χ3n) is 18.9. The molecule has 0 heterocycles. The van der Waals surface area contributed by atoms with Crippen molar-refractivity contribution >= 4 is 39.5 Å². The number of hydrogen-bond donors (Lipinski definition) is 3. The molecule has 0 radical (unpaired) electrons. The first kappa shape index (κ1) is 99.5. The van der Waals surface area contributed by atoms with E-state index in [0.29, 0.717) is 25.7 Å². The van der Waals surface area contributed by atoms with E-state index in [1.165, 1.54) is 225 Å². The van der Waals surface area contributed by atoms with E-state index >= 15 is 0 Å². The quantitative estimate of drug-likeness (QED) is 0.0169. The van der Waals surface area contributed by atoms with Crippen molar-refractivity contribution in [1.29, 1.82) is 0 Å². The molecular weight excluding hydrogens is 1330 g/mol. The van der Waals surface area contributed by atoms with Crippen LogP contribution in [0.4, 0.5) is 0 Å². The minimum atomic E-state index is -4.97. The summed E-state index contributed by atoms with van der Waals surface area (Å²) < 4.78 is 68.7. The van der Waals surface area contributed by atoms with Gasteiger partial charge in [-0.1, -0.05) is 367 Å². The molecule has 0 aliphatic carbocycles. The van der Waals surface area contributed by atoms with Crippen molar-refractivity contribution in [2.45, 2.75) is 438 Å². The lowest BCUT2D eigenvalue weighted by Crippen LogP contribution is -2.30. The maximum atomic E-state index is 13.1. The number of carbonyl (C=O) groups is 4. The van der Waals surface area contributed by atoms with Gasteiger partial charge in [-0.05, 0) is 57.3 Å². The molecule has 0 amide bonds. The molecule has 17 nitrogen and oxygen atoms in total. The molecule has 2 unspecified atom stereocenters. The number of phosphoric acid groups is 2. The summed E-state index contributed by atoms with van der Waals surface area (Å²) in [4.78, 5) is 73.1. The average molecular weight is 1490 g/mol. The molecule has 102 heavy (non-hydrogen) atoms. The topological polar surface area (TPSA) is 237 Å². The molecule has 5 atom stereocenters. The van der Waals surface area contributed by atoms with Gasteiger partial charge in [0.2, 0.25) is 0 Å². The Morgan fingerprint density at radius 3 is 0.804 bits per heavy atom. The van der Waals surface area contributed by atoms with Crippen molar-refractivity contribution in [3.63, 3.8) is 0 Å². The first-order valence-corrected chi connectivity index (χ1v) is 45.4. The highest BCUT2D eigenvalue weighted by Crippen LogP contribution is 2.45. The van der Waals surface area contributed by atoms with Gasteiger partial charge in [-0.15, -0.1) is 0 Å². The average Bonchev–Trinajstić information content (AvgIpc) is 0.909. The predicted octanol–water partition coefficient (Wildman–Crippen LogP) is 24.8. The van der Waals surface area contributed by atoms with Gasteiger partial charge in [-0.3, -0.25) is 37.3 Å². The Morgan fingerprint density at radius 2 is 0.529 bits per heavy atom. The number of carbonyl (C=O) groups excluding carboxylic acids is 4. The van der Waals surface area contributed by atoms with Crippen LogP contribution in [0, 0.1) is 5.92 Å². The van der Waals surface area contributed by atoms with E-state index in [4.69, 9.17) is 37.0 Å². The van der Waals surface area contributed by atoms with Crippen LogP contribution >= 0.6 is 15.6 Å². The van der Waals surface area contributed by atoms with Gasteiger partial charge >= 0.3 is 39.5 Å². The van der Waals surface area contributed by atoms with Gasteiger partial charge in [0.1, 0.15) is 19.3 Å². The minimum Gasteiger partial charge on any atom is -0.462 e. The number of allylic oxidation sites excluding steroid dienone is 4. The summed E-state index contributed by atoms with van der Waals surface area (Å²) in [5.74, 6) is -1.37. The Kier molecular flexibility index (Phi) is 73.5. The Labute approximate surface area is 624 Å². The molecule has 0 bridgehead atoms. The second kappa shape index (κ2) is 75.4. The third-order valence-corrected chi connectivity index (χ3v) is 20.8. The van der Waals surface area contributed by atoms with Gasteiger partial charge in [0.05, 0.1) is 26.4 Å². The molecule has 0 aliphatic heterocycles. The smallest absolute Gasteiger partial charge is 0.462 e. The van der Waals surface area contributed by atoms with Gasteiger partial charge in [0, 0.05) is 25.7 Å². The van der Waals surface area contributed by atoms with Gasteiger partial charge in [0.25, 0.3) is 0 Å². The summed E-state index contributed by atoms with van der Waals surface area (Å²) in [5.41, 5.74) is 0. The molecular formula is C83H158O17P2. The van der Waals surface area contributed by atoms with Crippen LogP contribution in [0.5, 0.6) is 0 Å². The summed E-state index contributed by atoms with van der Waals surface area (Å²) in [5, 5.41) is 10.7. The number of ether oxygens (including phenoxy) is 4. The Balaban J connectivity index is 5.27. The molecule has 0 aliphatic rings. The van der Waals surface area contributed by atoms with Crippen LogP contribution in [0.1, 0.15) is 420 Å². The van der Waals surface area contributed by atoms with Crippen molar-refractivity contribution in [2.75, 3.05) is 39.6 Å². The third kappa shape index (κ3) is 75.8. The molecule has 0 fully saturated rings. The Bertz CT molecular complexity index is 2040. The van der Waals surface area contributed by atoms with Crippen molar-refractivity contribution in [2.24, 2.45) is 5.92 Å². The molecule has 0 spiro atoms. The van der Waals surface area contributed by atoms with Crippen molar-refractivity contribution in [3.05, 3.63) is 24.3 Å². The fourth-order valence-electron chi connectivity index (χ4n) is 12.4. The summed E-state index contributed by atoms with van der Waals surface area (Å²) in [7, 11) is -9.93. The normalized spacial score (nSPS) is 14.0. The van der Waals surface area contributed by atoms with E-state index in [1.54, 1.807) is 0 Å². The summed E-state index contributed by atoms with van der Waals surface area (Å²) in [6.07, 6.45) is 70.2. The lowest BCUT2D eigenvalue weighted by Gasteiger charge is -2.21. The van der Waals surface area contributed by atoms with E-state index in [2.05, 4.69) is 58.9 Å². The van der Waals surface area contributed by atoms with Crippen LogP contribution in [-0.4, -0.2) is 96.7 Å². The van der Waals surface area contributed by atoms with E-state index < -0.39 is 97.5 Å². The first-order valence-electron chi connectivity index (χ1n) is 42.5. The van der Waals surface area contributed by atoms with Crippen LogP contribution in [0.25, 0.3) is 0 Å². The highest BCUT2D eigenvalue weighted by atomic mass is 31.2. The first-order chi connectivity index (χ1) is 49.5. The number of aliphatic hydroxyl groups is 1. The SMILES string of the molecule is CCCCCC/C=C\C=C/CCCCCCCC(=O)OC[C@H](COP(=O)(O)OC[C@@H](O)COP(=O)(O)OC[C@@H](COC(=O)CCCCCCCCCCCCCC)OC(=O)CCCCCCCCCCCCCC(C)C)OC(=O)CCCCCCCCCCCCCCCCCCCCCCC. The zero-order valence-corrected chi connectivity index (χ0v) is 68.0. The van der Waals surface area contributed by atoms with Gasteiger partial charge in [0.15, 0.2) is 12.2 Å². The van der Waals surface area contributed by atoms with E-state index in [9.17, 15) is 43.2 Å². The number of rotatable bonds is 81. The molecule has 0 rings (SSSR count). The fourth-order valence-corrected chi connectivity index (χ4v) is 14.0. The van der Waals surface area contributed by atoms with E-state index in [1.807, 2.05) is 0 Å². The van der Waals surface area contributed by atoms with Gasteiger partial charge in [-0.2, -0.15) is 0 Å². The monoisotopic (exact) mass is 1490 g/mol. The second-order valence-corrected chi connectivity index (χ2v) is 32.6. The lowest BCUT2D eigenvalue weighted by atomic mass is 10.0. The molecule has 0 saturated heterocycles. The summed E-state index contributed by atoms with van der Waals surface area (Å²) in [6.45, 7) is 7.27. The highest BCUT2D eigenvalue weighted by Gasteiger charge is 2.30. The molecule has 0 aromatic rings. The largest absolute Gasteiger partial charge is 0.472 e. The number of unbranched alkanes of at least 4 members (excludes halogenated alkanes) is 50. The fraction of sp³-hybridized carbons (Fsp3) is 0.904. The van der Waals surface area contributed by atoms with Crippen LogP contribution in [-0.2, 0) is 65.4 Å². The van der Waals surface area contributed by atoms with Gasteiger partial charge < -0.3 is 33.8 Å². The molecule has 0 aromatic carbocycles. The number of phosphoric ester groups is 2. The van der Waals surface area contributed by atoms with E-state index in [-0.39, 0.29) is 25.7 Å². The maximum Gasteiger partial charge on any atom is 0.472 e. The highest BCUT2D eigenvalue weighted by molar-refractivity contribution is 7.47. The Morgan fingerprint density at radius 1 is 0.304 bits per heavy atom. The zero-order valence-electron chi connectivity index (χ0n) is 66.2. The van der Waals surface area contributed by atoms with Crippen LogP contribution in [0.3, 0.4) is 0 Å². The Hall–Kier alpha value is -2.46. The maximum absolute atomic E-state index is 13.1. The number of aliphatic hydroxyl groups excluding tert-OH is 1. The van der Waals surface area contributed by atoms with Crippen molar-refractivity contribution in [1.82, 2.24) is 0 Å². The number of hydrogen-bond acceptors (Lipinski definition) is 15. The van der Waals surface area contributed by atoms with Gasteiger partial charge in [-0.25, -0.2) is 9.13 Å². The minimum absolute atomic E-state index is 0.102. The molecule has 0 saturated carbocycles. The van der Waals surface area contributed by atoms with E-state index in [0.717, 1.165) is 115 Å².